The number of fused-ring (bicyclic) bond motifs is 1. The summed E-state index contributed by atoms with van der Waals surface area (Å²) in [7, 11) is 0. The summed E-state index contributed by atoms with van der Waals surface area (Å²) in [6, 6.07) is 11.1. The van der Waals surface area contributed by atoms with E-state index in [1.165, 1.54) is 12.1 Å². The molecule has 3 nitrogen and oxygen atoms in total. The van der Waals surface area contributed by atoms with E-state index in [1.807, 2.05) is 0 Å². The summed E-state index contributed by atoms with van der Waals surface area (Å²) in [6.45, 7) is 1.80. The van der Waals surface area contributed by atoms with Gasteiger partial charge in [-0.15, -0.1) is 0 Å². The number of rotatable bonds is 1. The molecule has 0 radical (unpaired) electrons. The Hall–Kier alpha value is -2.63. The molecule has 0 aromatic heterocycles. The number of phenolic OH excluding ortho intramolecular Hbond substituents is 1. The fraction of sp³-hybridized carbons (Fsp3) is 0.176. The van der Waals surface area contributed by atoms with Gasteiger partial charge in [0.05, 0.1) is 17.1 Å². The van der Waals surface area contributed by atoms with Gasteiger partial charge < -0.3 is 5.11 Å². The van der Waals surface area contributed by atoms with Gasteiger partial charge in [0.15, 0.2) is 0 Å². The second-order valence-corrected chi connectivity index (χ2v) is 5.30. The standard InChI is InChI=1S/C17H13F3N2O/c1-10-6-7-15(23)11(8-10)14-9-16(17(18,19)20)22-13-5-3-2-4-12(13)21-14/h2-8,23H,9H2,1H3. The molecule has 0 saturated carbocycles. The average molecular weight is 318 g/mol. The van der Waals surface area contributed by atoms with Crippen molar-refractivity contribution in [2.45, 2.75) is 19.5 Å². The molecule has 0 bridgehead atoms. The van der Waals surface area contributed by atoms with E-state index in [0.29, 0.717) is 11.3 Å². The lowest BCUT2D eigenvalue weighted by molar-refractivity contribution is -0.0596. The van der Waals surface area contributed by atoms with Crippen molar-refractivity contribution in [2.24, 2.45) is 9.98 Å². The molecule has 0 saturated heterocycles. The van der Waals surface area contributed by atoms with E-state index in [1.54, 1.807) is 37.3 Å². The lowest BCUT2D eigenvalue weighted by Gasteiger charge is -2.12. The van der Waals surface area contributed by atoms with Gasteiger partial charge in [-0.1, -0.05) is 23.8 Å². The lowest BCUT2D eigenvalue weighted by Crippen LogP contribution is -2.25. The molecule has 0 fully saturated rings. The summed E-state index contributed by atoms with van der Waals surface area (Å²) in [5.74, 6) is -0.102. The molecule has 1 aliphatic heterocycles. The number of phenols is 1. The molecule has 0 spiro atoms. The first kappa shape index (κ1) is 15.3. The zero-order valence-electron chi connectivity index (χ0n) is 12.2. The minimum Gasteiger partial charge on any atom is -0.507 e. The zero-order chi connectivity index (χ0) is 16.6. The summed E-state index contributed by atoms with van der Waals surface area (Å²) >= 11 is 0. The van der Waals surface area contributed by atoms with Crippen LogP contribution in [0.5, 0.6) is 5.75 Å². The van der Waals surface area contributed by atoms with Crippen LogP contribution in [0.3, 0.4) is 0 Å². The van der Waals surface area contributed by atoms with Crippen molar-refractivity contribution in [3.8, 4) is 5.75 Å². The van der Waals surface area contributed by atoms with Crippen molar-refractivity contribution in [3.63, 3.8) is 0 Å². The predicted octanol–water partition coefficient (Wildman–Crippen LogP) is 4.86. The van der Waals surface area contributed by atoms with Crippen LogP contribution in [0, 0.1) is 6.92 Å². The normalized spacial score (nSPS) is 14.6. The summed E-state index contributed by atoms with van der Waals surface area (Å²) in [5.41, 5.74) is 0.848. The van der Waals surface area contributed by atoms with Gasteiger partial charge in [0, 0.05) is 12.0 Å². The van der Waals surface area contributed by atoms with Gasteiger partial charge in [0.2, 0.25) is 0 Å². The quantitative estimate of drug-likeness (QED) is 0.802. The van der Waals surface area contributed by atoms with Gasteiger partial charge in [-0.05, 0) is 31.2 Å². The zero-order valence-corrected chi connectivity index (χ0v) is 12.2. The maximum absolute atomic E-state index is 13.2. The number of alkyl halides is 3. The van der Waals surface area contributed by atoms with Crippen molar-refractivity contribution >= 4 is 22.8 Å². The maximum atomic E-state index is 13.2. The van der Waals surface area contributed by atoms with E-state index < -0.39 is 18.3 Å². The Kier molecular flexibility index (Phi) is 3.67. The third-order valence-electron chi connectivity index (χ3n) is 3.52. The second-order valence-electron chi connectivity index (χ2n) is 5.30. The van der Waals surface area contributed by atoms with Gasteiger partial charge in [0.25, 0.3) is 0 Å². The van der Waals surface area contributed by atoms with E-state index in [-0.39, 0.29) is 17.1 Å². The number of halogens is 3. The smallest absolute Gasteiger partial charge is 0.429 e. The van der Waals surface area contributed by atoms with Crippen LogP contribution >= 0.6 is 0 Å². The number of hydrogen-bond acceptors (Lipinski definition) is 3. The number of aliphatic imine (C=N–C) groups is 2. The van der Waals surface area contributed by atoms with Crippen LogP contribution in [0.15, 0.2) is 52.4 Å². The first-order chi connectivity index (χ1) is 10.8. The fourth-order valence-electron chi connectivity index (χ4n) is 2.38. The molecule has 2 aromatic carbocycles. The van der Waals surface area contributed by atoms with Gasteiger partial charge >= 0.3 is 6.18 Å². The van der Waals surface area contributed by atoms with E-state index in [0.717, 1.165) is 5.56 Å². The van der Waals surface area contributed by atoms with E-state index in [4.69, 9.17) is 0 Å². The highest BCUT2D eigenvalue weighted by molar-refractivity contribution is 6.17. The van der Waals surface area contributed by atoms with Gasteiger partial charge in [-0.25, -0.2) is 4.99 Å². The van der Waals surface area contributed by atoms with Crippen LogP contribution in [0.4, 0.5) is 24.5 Å². The largest absolute Gasteiger partial charge is 0.507 e. The number of nitrogens with zero attached hydrogens (tertiary/aromatic N) is 2. The van der Waals surface area contributed by atoms with Crippen LogP contribution in [0.1, 0.15) is 17.5 Å². The van der Waals surface area contributed by atoms with Crippen molar-refractivity contribution in [2.75, 3.05) is 0 Å². The molecular formula is C17H13F3N2O. The Morgan fingerprint density at radius 2 is 1.65 bits per heavy atom. The van der Waals surface area contributed by atoms with Crippen molar-refractivity contribution in [1.82, 2.24) is 0 Å². The summed E-state index contributed by atoms with van der Waals surface area (Å²) in [5, 5.41) is 10.0. The minimum atomic E-state index is -4.56. The summed E-state index contributed by atoms with van der Waals surface area (Å²) in [4.78, 5) is 8.05. The van der Waals surface area contributed by atoms with E-state index in [9.17, 15) is 18.3 Å². The molecule has 6 heteroatoms. The molecule has 3 rings (SSSR count). The molecule has 1 N–H and O–H groups in total. The van der Waals surface area contributed by atoms with Crippen LogP contribution in [0.2, 0.25) is 0 Å². The van der Waals surface area contributed by atoms with Crippen LogP contribution in [-0.4, -0.2) is 22.7 Å². The summed E-state index contributed by atoms with van der Waals surface area (Å²) < 4.78 is 39.7. The molecule has 0 aliphatic carbocycles. The molecular weight excluding hydrogens is 305 g/mol. The third-order valence-corrected chi connectivity index (χ3v) is 3.52. The highest BCUT2D eigenvalue weighted by Crippen LogP contribution is 2.36. The second kappa shape index (κ2) is 5.53. The Balaban J connectivity index is 2.20. The SMILES string of the molecule is Cc1ccc(O)c(C2=Nc3ccccc3N=C(C(F)(F)F)C2)c1. The highest BCUT2D eigenvalue weighted by atomic mass is 19.4. The molecule has 0 unspecified atom stereocenters. The maximum Gasteiger partial charge on any atom is 0.429 e. The van der Waals surface area contributed by atoms with Gasteiger partial charge in [0.1, 0.15) is 11.5 Å². The van der Waals surface area contributed by atoms with Crippen molar-refractivity contribution in [3.05, 3.63) is 53.6 Å². The molecule has 0 amide bonds. The molecule has 118 valence electrons. The Labute approximate surface area is 130 Å². The van der Waals surface area contributed by atoms with Crippen LogP contribution in [0.25, 0.3) is 0 Å². The number of aromatic hydroxyl groups is 1. The molecule has 23 heavy (non-hydrogen) atoms. The van der Waals surface area contributed by atoms with Gasteiger partial charge in [-0.3, -0.25) is 4.99 Å². The van der Waals surface area contributed by atoms with E-state index in [2.05, 4.69) is 9.98 Å². The average Bonchev–Trinajstić information content (AvgIpc) is 2.68. The Morgan fingerprint density at radius 1 is 1.00 bits per heavy atom. The number of para-hydroxylation sites is 2. The lowest BCUT2D eigenvalue weighted by atomic mass is 10.0. The van der Waals surface area contributed by atoms with E-state index >= 15 is 0 Å². The molecule has 2 aromatic rings. The Bertz CT molecular complexity index is 823. The molecule has 0 atom stereocenters. The number of aryl methyl sites for hydroxylation is 1. The van der Waals surface area contributed by atoms with Gasteiger partial charge in [-0.2, -0.15) is 13.2 Å². The monoisotopic (exact) mass is 318 g/mol. The third kappa shape index (κ3) is 3.11. The molecule has 1 aliphatic rings. The fourth-order valence-corrected chi connectivity index (χ4v) is 2.38. The number of hydrogen-bond donors (Lipinski definition) is 1. The van der Waals surface area contributed by atoms with Crippen molar-refractivity contribution < 1.29 is 18.3 Å². The summed E-state index contributed by atoms with van der Waals surface area (Å²) in [6.07, 6.45) is -5.05. The topological polar surface area (TPSA) is 45.0 Å². The molecule has 1 heterocycles. The first-order valence-corrected chi connectivity index (χ1v) is 6.96. The minimum absolute atomic E-state index is 0.102. The van der Waals surface area contributed by atoms with Crippen molar-refractivity contribution in [1.29, 1.82) is 0 Å². The predicted molar refractivity (Wildman–Crippen MR) is 83.2 cm³/mol. The number of benzene rings is 2. The highest BCUT2D eigenvalue weighted by Gasteiger charge is 2.37. The van der Waals surface area contributed by atoms with Crippen LogP contribution < -0.4 is 0 Å². The first-order valence-electron chi connectivity index (χ1n) is 6.96. The Morgan fingerprint density at radius 3 is 2.30 bits per heavy atom. The van der Waals surface area contributed by atoms with Crippen LogP contribution in [-0.2, 0) is 0 Å².